The average Bonchev–Trinajstić information content (AvgIpc) is 3.20. The zero-order chi connectivity index (χ0) is 20.4. The Kier molecular flexibility index (Phi) is 5.16. The van der Waals surface area contributed by atoms with Crippen molar-refractivity contribution < 1.29 is 14.3 Å². The second-order valence-corrected chi connectivity index (χ2v) is 6.91. The minimum atomic E-state index is -1.12. The molecule has 1 N–H and O–H groups in total. The molecule has 3 aromatic rings. The summed E-state index contributed by atoms with van der Waals surface area (Å²) in [5.74, 6) is -1.04. The number of hydrogen-bond donors (Lipinski definition) is 1. The zero-order valence-electron chi connectivity index (χ0n) is 16.1. The second kappa shape index (κ2) is 7.90. The van der Waals surface area contributed by atoms with Gasteiger partial charge in [0, 0.05) is 26.2 Å². The van der Waals surface area contributed by atoms with Crippen molar-refractivity contribution in [2.45, 2.75) is 13.3 Å². The first-order valence-electron chi connectivity index (χ1n) is 9.61. The standard InChI is InChI=1S/C21H22FN5O2/c1-2-15-7-9-16(10-8-15)27-23-19(21(28)29)20(24-27)26-13-11-25(12-14-26)18-6-4-3-5-17(18)22/h3-10H,2,11-14H2,1H3,(H,28,29). The van der Waals surface area contributed by atoms with Gasteiger partial charge in [0.05, 0.1) is 11.4 Å². The number of nitrogens with zero attached hydrogens (tertiary/aromatic N) is 5. The third-order valence-electron chi connectivity index (χ3n) is 5.15. The van der Waals surface area contributed by atoms with Crippen LogP contribution in [0.25, 0.3) is 5.69 Å². The monoisotopic (exact) mass is 395 g/mol. The molecular weight excluding hydrogens is 373 g/mol. The molecule has 29 heavy (non-hydrogen) atoms. The summed E-state index contributed by atoms with van der Waals surface area (Å²) in [5.41, 5.74) is 2.37. The van der Waals surface area contributed by atoms with Crippen LogP contribution in [-0.2, 0) is 6.42 Å². The molecule has 1 aromatic heterocycles. The van der Waals surface area contributed by atoms with E-state index < -0.39 is 5.97 Å². The highest BCUT2D eigenvalue weighted by Crippen LogP contribution is 2.24. The summed E-state index contributed by atoms with van der Waals surface area (Å²) >= 11 is 0. The minimum Gasteiger partial charge on any atom is -0.476 e. The molecule has 0 bridgehead atoms. The van der Waals surface area contributed by atoms with Crippen LogP contribution in [0.15, 0.2) is 48.5 Å². The summed E-state index contributed by atoms with van der Waals surface area (Å²) in [7, 11) is 0. The van der Waals surface area contributed by atoms with Crippen LogP contribution in [0.4, 0.5) is 15.9 Å². The number of benzene rings is 2. The first-order chi connectivity index (χ1) is 14.1. The van der Waals surface area contributed by atoms with Gasteiger partial charge >= 0.3 is 5.97 Å². The fraction of sp³-hybridized carbons (Fsp3) is 0.286. The fourth-order valence-corrected chi connectivity index (χ4v) is 3.50. The smallest absolute Gasteiger partial charge is 0.360 e. The van der Waals surface area contributed by atoms with Gasteiger partial charge < -0.3 is 14.9 Å². The Bertz CT molecular complexity index is 1010. The highest BCUT2D eigenvalue weighted by molar-refractivity contribution is 5.91. The molecular formula is C21H22FN5O2. The third-order valence-corrected chi connectivity index (χ3v) is 5.15. The van der Waals surface area contributed by atoms with Crippen molar-refractivity contribution in [3.63, 3.8) is 0 Å². The van der Waals surface area contributed by atoms with Crippen LogP contribution in [-0.4, -0.2) is 52.2 Å². The molecule has 0 atom stereocenters. The number of para-hydroxylation sites is 1. The number of aryl methyl sites for hydroxylation is 1. The van der Waals surface area contributed by atoms with E-state index in [1.54, 1.807) is 12.1 Å². The predicted molar refractivity (Wildman–Crippen MR) is 109 cm³/mol. The van der Waals surface area contributed by atoms with E-state index in [0.29, 0.717) is 43.4 Å². The Morgan fingerprint density at radius 2 is 1.66 bits per heavy atom. The first-order valence-corrected chi connectivity index (χ1v) is 9.61. The van der Waals surface area contributed by atoms with E-state index in [4.69, 9.17) is 0 Å². The number of carboxylic acids is 1. The maximum absolute atomic E-state index is 14.1. The van der Waals surface area contributed by atoms with Crippen molar-refractivity contribution in [2.24, 2.45) is 0 Å². The quantitative estimate of drug-likeness (QED) is 0.716. The van der Waals surface area contributed by atoms with Crippen molar-refractivity contribution in [1.82, 2.24) is 15.0 Å². The highest BCUT2D eigenvalue weighted by atomic mass is 19.1. The van der Waals surface area contributed by atoms with E-state index in [1.807, 2.05) is 40.1 Å². The lowest BCUT2D eigenvalue weighted by molar-refractivity contribution is 0.0690. The van der Waals surface area contributed by atoms with Crippen LogP contribution in [0.3, 0.4) is 0 Å². The number of halogens is 1. The Morgan fingerprint density at radius 1 is 1.00 bits per heavy atom. The molecule has 8 heteroatoms. The van der Waals surface area contributed by atoms with Crippen molar-refractivity contribution in [3.8, 4) is 5.69 Å². The summed E-state index contributed by atoms with van der Waals surface area (Å²) in [6.45, 7) is 4.27. The van der Waals surface area contributed by atoms with E-state index in [-0.39, 0.29) is 11.5 Å². The Hall–Kier alpha value is -3.42. The van der Waals surface area contributed by atoms with Gasteiger partial charge in [0.25, 0.3) is 0 Å². The molecule has 2 aromatic carbocycles. The zero-order valence-corrected chi connectivity index (χ0v) is 16.1. The summed E-state index contributed by atoms with van der Waals surface area (Å²) in [6, 6.07) is 14.4. The van der Waals surface area contributed by atoms with Gasteiger partial charge in [-0.2, -0.15) is 0 Å². The van der Waals surface area contributed by atoms with Crippen LogP contribution in [0.5, 0.6) is 0 Å². The lowest BCUT2D eigenvalue weighted by atomic mass is 10.2. The lowest BCUT2D eigenvalue weighted by Gasteiger charge is -2.36. The van der Waals surface area contributed by atoms with Gasteiger partial charge in [-0.3, -0.25) is 0 Å². The van der Waals surface area contributed by atoms with Crippen molar-refractivity contribution in [1.29, 1.82) is 0 Å². The third kappa shape index (κ3) is 3.78. The van der Waals surface area contributed by atoms with Crippen LogP contribution >= 0.6 is 0 Å². The molecule has 4 rings (SSSR count). The van der Waals surface area contributed by atoms with Gasteiger partial charge in [-0.1, -0.05) is 31.2 Å². The Morgan fingerprint density at radius 3 is 2.28 bits per heavy atom. The number of carboxylic acid groups (broad SMARTS) is 1. The summed E-state index contributed by atoms with van der Waals surface area (Å²) in [5, 5.41) is 18.2. The predicted octanol–water partition coefficient (Wildman–Crippen LogP) is 2.99. The lowest BCUT2D eigenvalue weighted by Crippen LogP contribution is -2.47. The molecule has 1 aliphatic heterocycles. The highest BCUT2D eigenvalue weighted by Gasteiger charge is 2.27. The Labute approximate surface area is 168 Å². The van der Waals surface area contributed by atoms with E-state index in [2.05, 4.69) is 17.1 Å². The molecule has 150 valence electrons. The molecule has 7 nitrogen and oxygen atoms in total. The molecule has 1 fully saturated rings. The van der Waals surface area contributed by atoms with Gasteiger partial charge in [-0.15, -0.1) is 15.0 Å². The number of rotatable bonds is 5. The van der Waals surface area contributed by atoms with Crippen molar-refractivity contribution >= 4 is 17.5 Å². The topological polar surface area (TPSA) is 74.5 Å². The number of piperazine rings is 1. The molecule has 0 radical (unpaired) electrons. The van der Waals surface area contributed by atoms with Gasteiger partial charge in [0.2, 0.25) is 5.69 Å². The molecule has 0 aliphatic carbocycles. The summed E-state index contributed by atoms with van der Waals surface area (Å²) in [4.78, 5) is 17.0. The largest absolute Gasteiger partial charge is 0.476 e. The van der Waals surface area contributed by atoms with Gasteiger partial charge in [0.1, 0.15) is 5.82 Å². The number of aromatic nitrogens is 3. The number of anilines is 2. The SMILES string of the molecule is CCc1ccc(-n2nc(C(=O)O)c(N3CCN(c4ccccc4F)CC3)n2)cc1. The first kappa shape index (κ1) is 18.9. The summed E-state index contributed by atoms with van der Waals surface area (Å²) in [6.07, 6.45) is 0.921. The fourth-order valence-electron chi connectivity index (χ4n) is 3.50. The van der Waals surface area contributed by atoms with Gasteiger partial charge in [-0.05, 0) is 36.2 Å². The van der Waals surface area contributed by atoms with E-state index in [1.165, 1.54) is 16.4 Å². The second-order valence-electron chi connectivity index (χ2n) is 6.91. The average molecular weight is 395 g/mol. The molecule has 0 amide bonds. The molecule has 0 spiro atoms. The molecule has 2 heterocycles. The molecule has 0 saturated carbocycles. The number of aromatic carboxylic acids is 1. The van der Waals surface area contributed by atoms with E-state index >= 15 is 0 Å². The van der Waals surface area contributed by atoms with Crippen LogP contribution < -0.4 is 9.80 Å². The summed E-state index contributed by atoms with van der Waals surface area (Å²) < 4.78 is 14.1. The number of hydrogen-bond acceptors (Lipinski definition) is 5. The van der Waals surface area contributed by atoms with Crippen molar-refractivity contribution in [3.05, 3.63) is 65.6 Å². The minimum absolute atomic E-state index is 0.0797. The van der Waals surface area contributed by atoms with Gasteiger partial charge in [-0.25, -0.2) is 9.18 Å². The molecule has 1 saturated heterocycles. The maximum Gasteiger partial charge on any atom is 0.360 e. The molecule has 1 aliphatic rings. The Balaban J connectivity index is 1.56. The normalized spacial score (nSPS) is 14.3. The maximum atomic E-state index is 14.1. The van der Waals surface area contributed by atoms with Crippen LogP contribution in [0.2, 0.25) is 0 Å². The van der Waals surface area contributed by atoms with Gasteiger partial charge in [0.15, 0.2) is 5.82 Å². The van der Waals surface area contributed by atoms with Crippen molar-refractivity contribution in [2.75, 3.05) is 36.0 Å². The van der Waals surface area contributed by atoms with E-state index in [0.717, 1.165) is 6.42 Å². The number of carbonyl (C=O) groups is 1. The van der Waals surface area contributed by atoms with E-state index in [9.17, 15) is 14.3 Å². The van der Waals surface area contributed by atoms with Crippen LogP contribution in [0.1, 0.15) is 23.0 Å². The van der Waals surface area contributed by atoms with Crippen LogP contribution in [0, 0.1) is 5.82 Å². The molecule has 0 unspecified atom stereocenters.